The molecule has 1 saturated carbocycles. The van der Waals surface area contributed by atoms with E-state index in [0.29, 0.717) is 5.71 Å². The Morgan fingerprint density at radius 3 is 2.41 bits per heavy atom. The quantitative estimate of drug-likeness (QED) is 0.406. The lowest BCUT2D eigenvalue weighted by atomic mass is 9.88. The van der Waals surface area contributed by atoms with Crippen molar-refractivity contribution < 1.29 is 22.8 Å². The first-order chi connectivity index (χ1) is 17.8. The Morgan fingerprint density at radius 2 is 1.73 bits per heavy atom. The summed E-state index contributed by atoms with van der Waals surface area (Å²) in [5.74, 6) is -1.10. The third-order valence-electron chi connectivity index (χ3n) is 7.54. The Balaban J connectivity index is 1.34. The number of carbonyl (C=O) groups is 2. The van der Waals surface area contributed by atoms with Crippen LogP contribution in [0.1, 0.15) is 19.3 Å². The second-order valence-electron chi connectivity index (χ2n) is 9.81. The van der Waals surface area contributed by atoms with Crippen LogP contribution in [0.4, 0.5) is 0 Å². The number of nitrogens with one attached hydrogen (secondary N) is 1. The molecule has 10 heteroatoms. The van der Waals surface area contributed by atoms with E-state index in [0.717, 1.165) is 17.5 Å². The number of nitrogens with two attached hydrogens (primary N) is 1. The van der Waals surface area contributed by atoms with Crippen molar-refractivity contribution in [3.05, 3.63) is 66.7 Å². The minimum atomic E-state index is -3.91. The Morgan fingerprint density at radius 1 is 1.05 bits per heavy atom. The molecule has 0 radical (unpaired) electrons. The largest absolute Gasteiger partial charge is 0.399 e. The summed E-state index contributed by atoms with van der Waals surface area (Å²) in [4.78, 5) is 30.2. The maximum absolute atomic E-state index is 13.6. The molecular weight excluding hydrogens is 492 g/mol. The van der Waals surface area contributed by atoms with Gasteiger partial charge in [-0.2, -0.15) is 4.31 Å². The molecular formula is C27H30N4O5S. The summed E-state index contributed by atoms with van der Waals surface area (Å²) in [6.07, 6.45) is 5.01. The van der Waals surface area contributed by atoms with Crippen LogP contribution in [0.15, 0.2) is 76.8 Å². The molecule has 3 N–H and O–H groups in total. The third-order valence-corrected chi connectivity index (χ3v) is 9.45. The number of primary amides is 1. The van der Waals surface area contributed by atoms with E-state index in [1.54, 1.807) is 24.3 Å². The van der Waals surface area contributed by atoms with Crippen LogP contribution in [-0.2, 0) is 24.4 Å². The highest BCUT2D eigenvalue weighted by molar-refractivity contribution is 7.89. The number of allylic oxidation sites excluding steroid dienone is 1. The van der Waals surface area contributed by atoms with Gasteiger partial charge in [-0.25, -0.2) is 8.42 Å². The van der Waals surface area contributed by atoms with Crippen molar-refractivity contribution in [2.24, 2.45) is 28.6 Å². The Hall–Kier alpha value is -3.50. The number of nitrogens with zero attached hydrogens (tertiary/aromatic N) is 2. The molecule has 2 amide bonds. The second-order valence-corrected chi connectivity index (χ2v) is 11.7. The van der Waals surface area contributed by atoms with Crippen molar-refractivity contribution in [1.29, 1.82) is 0 Å². The summed E-state index contributed by atoms with van der Waals surface area (Å²) in [7, 11) is -2.51. The van der Waals surface area contributed by atoms with Crippen molar-refractivity contribution in [2.75, 3.05) is 13.7 Å². The molecule has 2 aromatic rings. The topological polar surface area (TPSA) is 131 Å². The molecule has 5 atom stereocenters. The molecule has 1 aliphatic heterocycles. The zero-order valence-corrected chi connectivity index (χ0v) is 21.3. The van der Waals surface area contributed by atoms with Crippen LogP contribution in [0.25, 0.3) is 11.1 Å². The highest BCUT2D eigenvalue weighted by Gasteiger charge is 2.48. The van der Waals surface area contributed by atoms with Crippen LogP contribution < -0.4 is 11.1 Å². The number of hydrogen-bond donors (Lipinski definition) is 2. The minimum absolute atomic E-state index is 0.0370. The fraction of sp³-hybridized carbons (Fsp3) is 0.370. The van der Waals surface area contributed by atoms with Gasteiger partial charge in [0.15, 0.2) is 0 Å². The fourth-order valence-corrected chi connectivity index (χ4v) is 7.46. The molecule has 0 unspecified atom stereocenters. The number of amides is 2. The summed E-state index contributed by atoms with van der Waals surface area (Å²) in [6.45, 7) is 0.0370. The van der Waals surface area contributed by atoms with E-state index < -0.39 is 27.9 Å². The molecule has 2 aromatic carbocycles. The van der Waals surface area contributed by atoms with E-state index in [1.807, 2.05) is 42.5 Å². The fourth-order valence-electron chi connectivity index (χ4n) is 5.85. The average molecular weight is 523 g/mol. The predicted molar refractivity (Wildman–Crippen MR) is 139 cm³/mol. The van der Waals surface area contributed by atoms with E-state index in [4.69, 9.17) is 10.6 Å². The number of sulfonamides is 1. The van der Waals surface area contributed by atoms with Crippen molar-refractivity contribution in [3.8, 4) is 11.1 Å². The van der Waals surface area contributed by atoms with Gasteiger partial charge in [0.25, 0.3) is 0 Å². The third kappa shape index (κ3) is 4.91. The zero-order valence-electron chi connectivity index (χ0n) is 20.5. The van der Waals surface area contributed by atoms with Gasteiger partial charge in [0.05, 0.1) is 23.1 Å². The molecule has 3 aliphatic rings. The first-order valence-corrected chi connectivity index (χ1v) is 13.7. The van der Waals surface area contributed by atoms with Crippen molar-refractivity contribution >= 4 is 27.5 Å². The average Bonchev–Trinajstić information content (AvgIpc) is 3.60. The standard InChI is InChI=1S/C27H30N4O5S/c1-36-30-21-14-22(15-24(32)29-26-20-8-7-19(13-20)25(26)27(28)33)31(16-21)37(34,35)23-11-9-18(10-12-23)17-5-3-2-4-6-17/h2-12,19-20,22,25-26H,13-16H2,1H3,(H2,28,33)(H,29,32)/t19-,20+,22-,25-,26+/m0/s1. The Labute approximate surface area is 216 Å². The number of rotatable bonds is 8. The highest BCUT2D eigenvalue weighted by Crippen LogP contribution is 2.43. The normalized spacial score (nSPS) is 28.0. The number of fused-ring (bicyclic) bond motifs is 2. The van der Waals surface area contributed by atoms with Gasteiger partial charge in [0.1, 0.15) is 7.11 Å². The monoisotopic (exact) mass is 522 g/mol. The molecule has 2 fully saturated rings. The first kappa shape index (κ1) is 25.2. The summed E-state index contributed by atoms with van der Waals surface area (Å²) in [5, 5.41) is 6.94. The Bertz CT molecular complexity index is 1340. The summed E-state index contributed by atoms with van der Waals surface area (Å²) < 4.78 is 28.6. The molecule has 0 aromatic heterocycles. The van der Waals surface area contributed by atoms with Crippen LogP contribution >= 0.6 is 0 Å². The second kappa shape index (κ2) is 10.1. The van der Waals surface area contributed by atoms with E-state index in [-0.39, 0.29) is 48.1 Å². The van der Waals surface area contributed by atoms with Gasteiger partial charge < -0.3 is 15.9 Å². The Kier molecular flexibility index (Phi) is 6.87. The molecule has 1 saturated heterocycles. The summed E-state index contributed by atoms with van der Waals surface area (Å²) >= 11 is 0. The highest BCUT2D eigenvalue weighted by atomic mass is 32.2. The molecule has 0 spiro atoms. The van der Waals surface area contributed by atoms with Crippen LogP contribution in [0.3, 0.4) is 0 Å². The molecule has 2 aliphatic carbocycles. The van der Waals surface area contributed by atoms with Crippen molar-refractivity contribution in [3.63, 3.8) is 0 Å². The van der Waals surface area contributed by atoms with Gasteiger partial charge in [-0.3, -0.25) is 9.59 Å². The van der Waals surface area contributed by atoms with Gasteiger partial charge >= 0.3 is 0 Å². The molecule has 1 heterocycles. The maximum Gasteiger partial charge on any atom is 0.243 e. The zero-order chi connectivity index (χ0) is 26.2. The van der Waals surface area contributed by atoms with E-state index in [2.05, 4.69) is 10.5 Å². The summed E-state index contributed by atoms with van der Waals surface area (Å²) in [6, 6.07) is 15.4. The van der Waals surface area contributed by atoms with Crippen LogP contribution in [0.2, 0.25) is 0 Å². The lowest BCUT2D eigenvalue weighted by Crippen LogP contribution is -2.49. The van der Waals surface area contributed by atoms with Gasteiger partial charge in [0, 0.05) is 24.9 Å². The number of oxime groups is 1. The lowest BCUT2D eigenvalue weighted by molar-refractivity contribution is -0.125. The van der Waals surface area contributed by atoms with Gasteiger partial charge in [-0.05, 0) is 41.5 Å². The smallest absolute Gasteiger partial charge is 0.243 e. The molecule has 37 heavy (non-hydrogen) atoms. The lowest BCUT2D eigenvalue weighted by Gasteiger charge is -2.28. The minimum Gasteiger partial charge on any atom is -0.399 e. The van der Waals surface area contributed by atoms with Crippen LogP contribution in [0, 0.1) is 17.8 Å². The number of carbonyl (C=O) groups excluding carboxylic acids is 2. The van der Waals surface area contributed by atoms with E-state index >= 15 is 0 Å². The van der Waals surface area contributed by atoms with E-state index in [1.165, 1.54) is 11.4 Å². The first-order valence-electron chi connectivity index (χ1n) is 12.3. The van der Waals surface area contributed by atoms with Gasteiger partial charge in [-0.1, -0.05) is 59.8 Å². The predicted octanol–water partition coefficient (Wildman–Crippen LogP) is 2.30. The van der Waals surface area contributed by atoms with Gasteiger partial charge in [0.2, 0.25) is 21.8 Å². The van der Waals surface area contributed by atoms with Crippen LogP contribution in [0.5, 0.6) is 0 Å². The molecule has 194 valence electrons. The SMILES string of the molecule is CON=C1C[C@@H](CC(=O)N[C@H]2[C@@H](C(N)=O)[C@H]3C=C[C@@H]2C3)N(S(=O)(=O)c2ccc(-c3ccccc3)cc2)C1. The summed E-state index contributed by atoms with van der Waals surface area (Å²) in [5.41, 5.74) is 8.05. The van der Waals surface area contributed by atoms with Crippen molar-refractivity contribution in [1.82, 2.24) is 9.62 Å². The number of hydrogen-bond acceptors (Lipinski definition) is 6. The molecule has 9 nitrogen and oxygen atoms in total. The molecule has 2 bridgehead atoms. The van der Waals surface area contributed by atoms with E-state index in [9.17, 15) is 18.0 Å². The number of benzene rings is 2. The van der Waals surface area contributed by atoms with Crippen LogP contribution in [-0.4, -0.2) is 56.0 Å². The molecule has 5 rings (SSSR count). The maximum atomic E-state index is 13.6. The van der Waals surface area contributed by atoms with Gasteiger partial charge in [-0.15, -0.1) is 0 Å². The van der Waals surface area contributed by atoms with Crippen molar-refractivity contribution in [2.45, 2.75) is 36.2 Å².